The lowest BCUT2D eigenvalue weighted by atomic mass is 9.88. The molecule has 5 fully saturated rings. The van der Waals surface area contributed by atoms with E-state index >= 15 is 4.39 Å². The van der Waals surface area contributed by atoms with Gasteiger partial charge >= 0.3 is 6.01 Å². The molecule has 2 aromatic carbocycles. The molecule has 0 amide bonds. The van der Waals surface area contributed by atoms with E-state index in [1.807, 2.05) is 18.2 Å². The molecule has 9 rings (SSSR count). The normalized spacial score (nSPS) is 32.7. The van der Waals surface area contributed by atoms with Crippen LogP contribution in [0.1, 0.15) is 62.6 Å². The van der Waals surface area contributed by atoms with Crippen LogP contribution in [0, 0.1) is 3.57 Å². The fraction of sp³-hybridized carbons (Fsp3) is 0.588. The second-order valence-electron chi connectivity index (χ2n) is 14.2. The molecule has 2 unspecified atom stereocenters. The molecule has 0 spiro atoms. The third kappa shape index (κ3) is 4.40. The largest absolute Gasteiger partial charge is 0.508 e. The molecule has 10 heteroatoms. The first-order chi connectivity index (χ1) is 21.4. The van der Waals surface area contributed by atoms with Gasteiger partial charge in [0.25, 0.3) is 0 Å². The quantitative estimate of drug-likeness (QED) is 0.345. The second-order valence-corrected chi connectivity index (χ2v) is 15.4. The number of hydrogen-bond donors (Lipinski definition) is 2. The molecule has 0 radical (unpaired) electrons. The first kappa shape index (κ1) is 27.8. The lowest BCUT2D eigenvalue weighted by molar-refractivity contribution is 0.0808. The van der Waals surface area contributed by atoms with Crippen molar-refractivity contribution in [1.82, 2.24) is 20.2 Å². The summed E-state index contributed by atoms with van der Waals surface area (Å²) in [5.41, 5.74) is 1.91. The van der Waals surface area contributed by atoms with Gasteiger partial charge in [0.2, 0.25) is 0 Å². The maximum atomic E-state index is 16.0. The van der Waals surface area contributed by atoms with E-state index in [9.17, 15) is 5.11 Å². The highest BCUT2D eigenvalue weighted by molar-refractivity contribution is 14.1. The van der Waals surface area contributed by atoms with Gasteiger partial charge in [0.05, 0.1) is 17.8 Å². The smallest absolute Gasteiger partial charge is 0.318 e. The fourth-order valence-corrected chi connectivity index (χ4v) is 10.5. The Morgan fingerprint density at radius 2 is 1.91 bits per heavy atom. The number of fused-ring (bicyclic) bond motifs is 7. The van der Waals surface area contributed by atoms with Gasteiger partial charge in [-0.25, -0.2) is 4.39 Å². The number of hydrogen-bond acceptors (Lipinski definition) is 8. The molecule has 6 heterocycles. The summed E-state index contributed by atoms with van der Waals surface area (Å²) in [6.07, 6.45) is 8.52. The zero-order valence-electron chi connectivity index (χ0n) is 25.1. The zero-order valence-corrected chi connectivity index (χ0v) is 27.2. The van der Waals surface area contributed by atoms with Crippen molar-refractivity contribution in [2.24, 2.45) is 0 Å². The molecule has 2 N–H and O–H groups in total. The molecule has 6 aliphatic rings. The molecule has 4 saturated heterocycles. The van der Waals surface area contributed by atoms with Gasteiger partial charge in [-0.2, -0.15) is 9.97 Å². The number of piperazine rings is 1. The molecule has 2 bridgehead atoms. The number of phenolic OH excluding ortho intramolecular Hbond substituents is 1. The lowest BCUT2D eigenvalue weighted by Crippen LogP contribution is -2.52. The Kier molecular flexibility index (Phi) is 6.51. The summed E-state index contributed by atoms with van der Waals surface area (Å²) in [7, 11) is 0. The first-order valence-electron chi connectivity index (χ1n) is 16.5. The van der Waals surface area contributed by atoms with Crippen molar-refractivity contribution in [3.63, 3.8) is 0 Å². The van der Waals surface area contributed by atoms with E-state index < -0.39 is 5.67 Å². The summed E-state index contributed by atoms with van der Waals surface area (Å²) in [4.78, 5) is 17.5. The standard InChI is InChI=1S/C34H40FIN6O2/c35-34-11-2-6-29(34)42-12-3-10-33(42,19-34)20-44-32-38-27-18-40(28-15-24(43)14-21-4-1-5-26(36)30(21)28)13-9-25(27)31(39-32)41-16-22-7-8-23(17-41)37-22/h1,4-5,14-15,22-23,29,37,43H,2-3,6-13,16-20H2/t22?,23?,29-,33-,34+/m0/s1. The van der Waals surface area contributed by atoms with Gasteiger partial charge in [0, 0.05) is 70.5 Å². The average Bonchev–Trinajstić information content (AvgIpc) is 3.73. The SMILES string of the molecule is Oc1cc(N2CCc3c(nc(OC[C@@]45CCCN4[C@H]4CCC[C@@]4(F)C5)nc3N3CC4CCC(C3)N4)C2)c2c(I)cccc2c1. The highest BCUT2D eigenvalue weighted by Crippen LogP contribution is 2.55. The number of aromatic nitrogens is 2. The lowest BCUT2D eigenvalue weighted by Gasteiger charge is -2.38. The van der Waals surface area contributed by atoms with E-state index in [0.717, 1.165) is 89.8 Å². The fourth-order valence-electron chi connectivity index (χ4n) is 9.73. The number of nitrogens with zero attached hydrogens (tertiary/aromatic N) is 5. The molecular formula is C34H40FIN6O2. The van der Waals surface area contributed by atoms with Crippen LogP contribution < -0.4 is 19.9 Å². The highest BCUT2D eigenvalue weighted by atomic mass is 127. The predicted octanol–water partition coefficient (Wildman–Crippen LogP) is 5.32. The van der Waals surface area contributed by atoms with Crippen molar-refractivity contribution >= 4 is 44.9 Å². The predicted molar refractivity (Wildman–Crippen MR) is 178 cm³/mol. The maximum Gasteiger partial charge on any atom is 0.318 e. The van der Waals surface area contributed by atoms with Gasteiger partial charge in [-0.3, -0.25) is 4.90 Å². The monoisotopic (exact) mass is 710 g/mol. The van der Waals surface area contributed by atoms with Crippen LogP contribution in [-0.4, -0.2) is 82.1 Å². The molecular weight excluding hydrogens is 670 g/mol. The van der Waals surface area contributed by atoms with Crippen LogP contribution in [0.3, 0.4) is 0 Å². The summed E-state index contributed by atoms with van der Waals surface area (Å²) >= 11 is 2.40. The number of anilines is 2. The number of halogens is 2. The van der Waals surface area contributed by atoms with Crippen molar-refractivity contribution in [2.45, 2.75) is 93.7 Å². The van der Waals surface area contributed by atoms with Crippen LogP contribution in [0.2, 0.25) is 0 Å². The minimum absolute atomic E-state index is 0.0402. The summed E-state index contributed by atoms with van der Waals surface area (Å²) in [6, 6.07) is 11.4. The number of rotatable bonds is 5. The molecule has 232 valence electrons. The summed E-state index contributed by atoms with van der Waals surface area (Å²) in [5, 5.41) is 16.6. The summed E-state index contributed by atoms with van der Waals surface area (Å²) < 4.78 is 23.8. The minimum atomic E-state index is -1.08. The van der Waals surface area contributed by atoms with Crippen LogP contribution in [-0.2, 0) is 13.0 Å². The van der Waals surface area contributed by atoms with Gasteiger partial charge in [0.15, 0.2) is 0 Å². The van der Waals surface area contributed by atoms with E-state index in [1.165, 1.54) is 18.4 Å². The minimum Gasteiger partial charge on any atom is -0.508 e. The molecule has 1 aliphatic carbocycles. The Morgan fingerprint density at radius 3 is 2.77 bits per heavy atom. The van der Waals surface area contributed by atoms with Gasteiger partial charge in [-0.05, 0) is 98.0 Å². The Bertz CT molecular complexity index is 1630. The number of alkyl halides is 1. The molecule has 8 nitrogen and oxygen atoms in total. The number of benzene rings is 2. The zero-order chi connectivity index (χ0) is 29.6. The molecule has 5 aliphatic heterocycles. The van der Waals surface area contributed by atoms with E-state index in [1.54, 1.807) is 0 Å². The van der Waals surface area contributed by atoms with E-state index in [2.05, 4.69) is 54.7 Å². The van der Waals surface area contributed by atoms with Crippen LogP contribution >= 0.6 is 22.6 Å². The molecule has 44 heavy (non-hydrogen) atoms. The number of ether oxygens (including phenoxy) is 1. The van der Waals surface area contributed by atoms with Crippen molar-refractivity contribution in [3.8, 4) is 11.8 Å². The van der Waals surface area contributed by atoms with Gasteiger partial charge in [-0.1, -0.05) is 12.1 Å². The number of nitrogens with one attached hydrogen (secondary N) is 1. The highest BCUT2D eigenvalue weighted by Gasteiger charge is 2.63. The van der Waals surface area contributed by atoms with Crippen LogP contribution in [0.4, 0.5) is 15.9 Å². The first-order valence-corrected chi connectivity index (χ1v) is 17.6. The molecule has 5 atom stereocenters. The Balaban J connectivity index is 1.07. The van der Waals surface area contributed by atoms with Crippen molar-refractivity contribution in [3.05, 3.63) is 45.2 Å². The third-order valence-corrected chi connectivity index (χ3v) is 12.5. The summed E-state index contributed by atoms with van der Waals surface area (Å²) in [6.45, 7) is 4.75. The molecule has 1 aromatic heterocycles. The maximum absolute atomic E-state index is 16.0. The Hall–Kier alpha value is -2.44. The third-order valence-electron chi connectivity index (χ3n) is 11.6. The van der Waals surface area contributed by atoms with E-state index in [4.69, 9.17) is 14.7 Å². The van der Waals surface area contributed by atoms with Gasteiger partial charge < -0.3 is 25.0 Å². The average molecular weight is 711 g/mol. The molecule has 3 aromatic rings. The topological polar surface area (TPSA) is 77.0 Å². The van der Waals surface area contributed by atoms with E-state index in [-0.39, 0.29) is 17.3 Å². The second kappa shape index (κ2) is 10.3. The van der Waals surface area contributed by atoms with Crippen LogP contribution in [0.15, 0.2) is 30.3 Å². The van der Waals surface area contributed by atoms with Gasteiger partial charge in [-0.15, -0.1) is 0 Å². The number of aromatic hydroxyl groups is 1. The van der Waals surface area contributed by atoms with Crippen molar-refractivity contribution < 1.29 is 14.2 Å². The molecule has 1 saturated carbocycles. The summed E-state index contributed by atoms with van der Waals surface area (Å²) in [5.74, 6) is 1.29. The van der Waals surface area contributed by atoms with Crippen LogP contribution in [0.25, 0.3) is 10.8 Å². The van der Waals surface area contributed by atoms with Gasteiger partial charge in [0.1, 0.15) is 23.8 Å². The van der Waals surface area contributed by atoms with E-state index in [0.29, 0.717) is 44.1 Å². The number of phenols is 1. The van der Waals surface area contributed by atoms with Crippen molar-refractivity contribution in [1.29, 1.82) is 0 Å². The van der Waals surface area contributed by atoms with Crippen molar-refractivity contribution in [2.75, 3.05) is 42.6 Å². The Labute approximate surface area is 271 Å². The Morgan fingerprint density at radius 1 is 1.05 bits per heavy atom. The van der Waals surface area contributed by atoms with Crippen LogP contribution in [0.5, 0.6) is 11.8 Å².